The Morgan fingerprint density at radius 1 is 0.615 bits per heavy atom. The van der Waals surface area contributed by atoms with E-state index in [-0.39, 0.29) is 11.5 Å². The molecule has 0 heterocycles. The Bertz CT molecular complexity index is 903. The van der Waals surface area contributed by atoms with Crippen LogP contribution in [0.1, 0.15) is 11.1 Å². The summed E-state index contributed by atoms with van der Waals surface area (Å²) in [4.78, 5) is 8.63. The zero-order valence-electron chi connectivity index (χ0n) is 13.5. The second-order valence-electron chi connectivity index (χ2n) is 5.44. The minimum atomic E-state index is 0.0743. The van der Waals surface area contributed by atoms with Crippen molar-refractivity contribution in [3.63, 3.8) is 0 Å². The fraction of sp³-hybridized carbons (Fsp3) is 0. The average Bonchev–Trinajstić information content (AvgIpc) is 2.61. The standard InChI is InChI=1S/C20H14Cl2N2O2/c21-15-3-1-13(19(25)9-15)11-23-17-5-7-18(8-6-17)24-12-14-2-4-16(22)10-20(14)26/h1-12,25-26H. The predicted octanol–water partition coefficient (Wildman–Crippen LogP) is 5.91. The summed E-state index contributed by atoms with van der Waals surface area (Å²) >= 11 is 11.6. The molecule has 0 radical (unpaired) electrons. The Labute approximate surface area is 160 Å². The molecule has 0 aliphatic rings. The number of phenolic OH excluding ortho intramolecular Hbond substituents is 2. The molecule has 0 aliphatic heterocycles. The summed E-state index contributed by atoms with van der Waals surface area (Å²) in [7, 11) is 0. The molecule has 6 heteroatoms. The summed E-state index contributed by atoms with van der Waals surface area (Å²) in [6.45, 7) is 0. The van der Waals surface area contributed by atoms with E-state index in [2.05, 4.69) is 9.98 Å². The van der Waals surface area contributed by atoms with E-state index in [1.165, 1.54) is 12.1 Å². The Kier molecular flexibility index (Phi) is 5.56. The van der Waals surface area contributed by atoms with Crippen LogP contribution in [0.3, 0.4) is 0 Å². The molecule has 2 N–H and O–H groups in total. The van der Waals surface area contributed by atoms with Crippen molar-refractivity contribution < 1.29 is 10.2 Å². The quantitative estimate of drug-likeness (QED) is 0.549. The summed E-state index contributed by atoms with van der Waals surface area (Å²) in [5.74, 6) is 0.149. The first-order chi connectivity index (χ1) is 12.5. The van der Waals surface area contributed by atoms with Gasteiger partial charge in [0.05, 0.1) is 11.4 Å². The molecule has 0 unspecified atom stereocenters. The third-order valence-electron chi connectivity index (χ3n) is 3.54. The van der Waals surface area contributed by atoms with Gasteiger partial charge >= 0.3 is 0 Å². The van der Waals surface area contributed by atoms with Gasteiger partial charge in [0.1, 0.15) is 11.5 Å². The number of hydrogen-bond acceptors (Lipinski definition) is 4. The molecular formula is C20H14Cl2N2O2. The lowest BCUT2D eigenvalue weighted by atomic mass is 10.2. The summed E-state index contributed by atoms with van der Waals surface area (Å²) in [5.41, 5.74) is 2.59. The third kappa shape index (κ3) is 4.63. The van der Waals surface area contributed by atoms with Crippen LogP contribution in [-0.2, 0) is 0 Å². The molecule has 0 aromatic heterocycles. The van der Waals surface area contributed by atoms with Crippen molar-refractivity contribution in [1.82, 2.24) is 0 Å². The number of aromatic hydroxyl groups is 2. The van der Waals surface area contributed by atoms with Crippen LogP contribution >= 0.6 is 23.2 Å². The van der Waals surface area contributed by atoms with Gasteiger partial charge in [0.25, 0.3) is 0 Å². The monoisotopic (exact) mass is 384 g/mol. The lowest BCUT2D eigenvalue weighted by molar-refractivity contribution is 0.474. The van der Waals surface area contributed by atoms with Gasteiger partial charge < -0.3 is 10.2 Å². The molecular weight excluding hydrogens is 371 g/mol. The molecule has 0 aliphatic carbocycles. The van der Waals surface area contributed by atoms with Gasteiger partial charge in [0.2, 0.25) is 0 Å². The number of rotatable bonds is 4. The molecule has 0 amide bonds. The summed E-state index contributed by atoms with van der Waals surface area (Å²) in [6.07, 6.45) is 3.13. The van der Waals surface area contributed by atoms with Crippen molar-refractivity contribution in [3.05, 3.63) is 81.8 Å². The number of hydrogen-bond donors (Lipinski definition) is 2. The Morgan fingerprint density at radius 3 is 1.35 bits per heavy atom. The minimum Gasteiger partial charge on any atom is -0.507 e. The topological polar surface area (TPSA) is 65.2 Å². The number of nitrogens with zero attached hydrogens (tertiary/aromatic N) is 2. The molecule has 3 aromatic carbocycles. The first kappa shape index (κ1) is 18.0. The molecule has 4 nitrogen and oxygen atoms in total. The second-order valence-corrected chi connectivity index (χ2v) is 6.31. The average molecular weight is 385 g/mol. The van der Waals surface area contributed by atoms with Crippen LogP contribution in [-0.4, -0.2) is 22.6 Å². The molecule has 0 saturated carbocycles. The van der Waals surface area contributed by atoms with Crippen LogP contribution in [0.5, 0.6) is 11.5 Å². The second kappa shape index (κ2) is 8.04. The van der Waals surface area contributed by atoms with E-state index in [1.807, 2.05) is 0 Å². The van der Waals surface area contributed by atoms with E-state index < -0.39 is 0 Å². The summed E-state index contributed by atoms with van der Waals surface area (Å²) < 4.78 is 0. The molecule has 26 heavy (non-hydrogen) atoms. The van der Waals surface area contributed by atoms with Crippen LogP contribution in [0.4, 0.5) is 11.4 Å². The van der Waals surface area contributed by atoms with Crippen LogP contribution in [0.15, 0.2) is 70.6 Å². The Morgan fingerprint density at radius 2 is 1.00 bits per heavy atom. The molecule has 0 spiro atoms. The van der Waals surface area contributed by atoms with Gasteiger partial charge in [-0.3, -0.25) is 9.98 Å². The number of aliphatic imine (C=N–C) groups is 2. The lowest BCUT2D eigenvalue weighted by Crippen LogP contribution is -1.82. The van der Waals surface area contributed by atoms with E-state index in [1.54, 1.807) is 61.0 Å². The van der Waals surface area contributed by atoms with Gasteiger partial charge in [-0.25, -0.2) is 0 Å². The molecule has 130 valence electrons. The van der Waals surface area contributed by atoms with Crippen molar-refractivity contribution in [2.45, 2.75) is 0 Å². The largest absolute Gasteiger partial charge is 0.507 e. The van der Waals surface area contributed by atoms with Crippen molar-refractivity contribution in [1.29, 1.82) is 0 Å². The zero-order chi connectivity index (χ0) is 18.5. The van der Waals surface area contributed by atoms with Crippen molar-refractivity contribution in [2.24, 2.45) is 9.98 Å². The zero-order valence-corrected chi connectivity index (χ0v) is 15.0. The highest BCUT2D eigenvalue weighted by Gasteiger charge is 2.00. The highest BCUT2D eigenvalue weighted by molar-refractivity contribution is 6.31. The van der Waals surface area contributed by atoms with Gasteiger partial charge in [-0.05, 0) is 60.7 Å². The Balaban J connectivity index is 1.72. The highest BCUT2D eigenvalue weighted by Crippen LogP contribution is 2.24. The van der Waals surface area contributed by atoms with E-state index in [4.69, 9.17) is 23.2 Å². The minimum absolute atomic E-state index is 0.0743. The van der Waals surface area contributed by atoms with E-state index in [9.17, 15) is 10.2 Å². The van der Waals surface area contributed by atoms with Crippen LogP contribution in [0.25, 0.3) is 0 Å². The summed E-state index contributed by atoms with van der Waals surface area (Å²) in [6, 6.07) is 16.9. The third-order valence-corrected chi connectivity index (χ3v) is 4.01. The van der Waals surface area contributed by atoms with E-state index in [0.29, 0.717) is 32.5 Å². The first-order valence-corrected chi connectivity index (χ1v) is 8.42. The van der Waals surface area contributed by atoms with Gasteiger partial charge in [-0.15, -0.1) is 0 Å². The number of phenols is 2. The van der Waals surface area contributed by atoms with Crippen LogP contribution < -0.4 is 0 Å². The van der Waals surface area contributed by atoms with E-state index in [0.717, 1.165) is 0 Å². The van der Waals surface area contributed by atoms with Gasteiger partial charge in [-0.2, -0.15) is 0 Å². The number of halogens is 2. The Hall–Kier alpha value is -2.82. The fourth-order valence-electron chi connectivity index (χ4n) is 2.16. The highest BCUT2D eigenvalue weighted by atomic mass is 35.5. The number of benzene rings is 3. The maximum Gasteiger partial charge on any atom is 0.125 e. The molecule has 0 atom stereocenters. The summed E-state index contributed by atoms with van der Waals surface area (Å²) in [5, 5.41) is 20.5. The van der Waals surface area contributed by atoms with Crippen LogP contribution in [0, 0.1) is 0 Å². The lowest BCUT2D eigenvalue weighted by Gasteiger charge is -2.00. The smallest absolute Gasteiger partial charge is 0.125 e. The molecule has 3 rings (SSSR count). The van der Waals surface area contributed by atoms with Gasteiger partial charge in [-0.1, -0.05) is 23.2 Å². The van der Waals surface area contributed by atoms with E-state index >= 15 is 0 Å². The van der Waals surface area contributed by atoms with Gasteiger partial charge in [0.15, 0.2) is 0 Å². The predicted molar refractivity (Wildman–Crippen MR) is 107 cm³/mol. The molecule has 0 saturated heterocycles. The maximum atomic E-state index is 9.81. The van der Waals surface area contributed by atoms with Crippen molar-refractivity contribution in [2.75, 3.05) is 0 Å². The molecule has 0 fully saturated rings. The van der Waals surface area contributed by atoms with Crippen molar-refractivity contribution in [3.8, 4) is 11.5 Å². The molecule has 0 bridgehead atoms. The maximum absolute atomic E-state index is 9.81. The fourth-order valence-corrected chi connectivity index (χ4v) is 2.50. The first-order valence-electron chi connectivity index (χ1n) is 7.66. The normalized spacial score (nSPS) is 11.5. The SMILES string of the molecule is Oc1cc(Cl)ccc1C=Nc1ccc(N=Cc2ccc(Cl)cc2O)cc1. The van der Waals surface area contributed by atoms with Crippen LogP contribution in [0.2, 0.25) is 10.0 Å². The van der Waals surface area contributed by atoms with Gasteiger partial charge in [0, 0.05) is 33.6 Å². The van der Waals surface area contributed by atoms with Crippen molar-refractivity contribution >= 4 is 47.0 Å². The molecule has 3 aromatic rings.